The molecule has 2 N–H and O–H groups in total. The molecule has 3 aromatic carbocycles. The SMILES string of the molecule is C[C@H]1C[C@H](Nc2ccccc2)c2ccccc2N1C(=O)Nc1ccc(Cl)cc1. The molecule has 5 heteroatoms. The molecule has 28 heavy (non-hydrogen) atoms. The first-order chi connectivity index (χ1) is 13.6. The summed E-state index contributed by atoms with van der Waals surface area (Å²) in [6.45, 7) is 2.08. The number of halogens is 1. The molecule has 0 saturated heterocycles. The van der Waals surface area contributed by atoms with Crippen molar-refractivity contribution in [1.82, 2.24) is 0 Å². The Bertz CT molecular complexity index is 959. The molecule has 4 rings (SSSR count). The van der Waals surface area contributed by atoms with E-state index in [0.717, 1.165) is 29.0 Å². The van der Waals surface area contributed by atoms with Gasteiger partial charge in [0.25, 0.3) is 0 Å². The van der Waals surface area contributed by atoms with Crippen molar-refractivity contribution in [3.05, 3.63) is 89.4 Å². The topological polar surface area (TPSA) is 44.4 Å². The van der Waals surface area contributed by atoms with Crippen molar-refractivity contribution in [1.29, 1.82) is 0 Å². The molecule has 1 heterocycles. The van der Waals surface area contributed by atoms with Crippen LogP contribution in [0.5, 0.6) is 0 Å². The van der Waals surface area contributed by atoms with Crippen LogP contribution in [0.1, 0.15) is 24.9 Å². The first-order valence-corrected chi connectivity index (χ1v) is 9.76. The molecule has 0 aromatic heterocycles. The van der Waals surface area contributed by atoms with E-state index in [1.165, 1.54) is 0 Å². The summed E-state index contributed by atoms with van der Waals surface area (Å²) in [5.74, 6) is 0. The number of benzene rings is 3. The van der Waals surface area contributed by atoms with Gasteiger partial charge in [-0.15, -0.1) is 0 Å². The number of fused-ring (bicyclic) bond motifs is 1. The third kappa shape index (κ3) is 3.82. The Morgan fingerprint density at radius 3 is 2.36 bits per heavy atom. The molecule has 0 bridgehead atoms. The number of nitrogens with zero attached hydrogens (tertiary/aromatic N) is 1. The Morgan fingerprint density at radius 2 is 1.61 bits per heavy atom. The summed E-state index contributed by atoms with van der Waals surface area (Å²) in [7, 11) is 0. The predicted molar refractivity (Wildman–Crippen MR) is 116 cm³/mol. The summed E-state index contributed by atoms with van der Waals surface area (Å²) >= 11 is 5.94. The second-order valence-corrected chi connectivity index (χ2v) is 7.45. The van der Waals surface area contributed by atoms with Crippen molar-refractivity contribution in [3.8, 4) is 0 Å². The Morgan fingerprint density at radius 1 is 0.929 bits per heavy atom. The highest BCUT2D eigenvalue weighted by Crippen LogP contribution is 2.39. The number of hydrogen-bond donors (Lipinski definition) is 2. The number of nitrogens with one attached hydrogen (secondary N) is 2. The van der Waals surface area contributed by atoms with E-state index in [2.05, 4.69) is 35.8 Å². The maximum absolute atomic E-state index is 13.1. The number of amides is 2. The number of urea groups is 1. The minimum absolute atomic E-state index is 0.0448. The molecular weight excluding hydrogens is 370 g/mol. The molecule has 1 aliphatic rings. The van der Waals surface area contributed by atoms with E-state index in [0.29, 0.717) is 5.02 Å². The number of carbonyl (C=O) groups excluding carboxylic acids is 1. The summed E-state index contributed by atoms with van der Waals surface area (Å²) in [5, 5.41) is 7.24. The lowest BCUT2D eigenvalue weighted by atomic mass is 9.91. The molecule has 4 nitrogen and oxygen atoms in total. The van der Waals surface area contributed by atoms with Crippen LogP contribution in [0.2, 0.25) is 5.02 Å². The fraction of sp³-hybridized carbons (Fsp3) is 0.174. The van der Waals surface area contributed by atoms with Crippen molar-refractivity contribution < 1.29 is 4.79 Å². The third-order valence-corrected chi connectivity index (χ3v) is 5.27. The van der Waals surface area contributed by atoms with Gasteiger partial charge < -0.3 is 10.6 Å². The van der Waals surface area contributed by atoms with Crippen LogP contribution in [0.3, 0.4) is 0 Å². The molecule has 2 atom stereocenters. The van der Waals surface area contributed by atoms with Crippen molar-refractivity contribution in [2.45, 2.75) is 25.4 Å². The van der Waals surface area contributed by atoms with Crippen molar-refractivity contribution in [3.63, 3.8) is 0 Å². The lowest BCUT2D eigenvalue weighted by Gasteiger charge is -2.39. The van der Waals surface area contributed by atoms with Crippen molar-refractivity contribution in [2.24, 2.45) is 0 Å². The molecule has 0 saturated carbocycles. The summed E-state index contributed by atoms with van der Waals surface area (Å²) < 4.78 is 0. The van der Waals surface area contributed by atoms with Gasteiger partial charge >= 0.3 is 6.03 Å². The Kier molecular flexibility index (Phi) is 5.22. The zero-order valence-electron chi connectivity index (χ0n) is 15.6. The zero-order valence-corrected chi connectivity index (χ0v) is 16.4. The second kappa shape index (κ2) is 7.95. The van der Waals surface area contributed by atoms with Gasteiger partial charge in [0, 0.05) is 22.4 Å². The monoisotopic (exact) mass is 391 g/mol. The lowest BCUT2D eigenvalue weighted by molar-refractivity contribution is 0.254. The summed E-state index contributed by atoms with van der Waals surface area (Å²) in [5.41, 5.74) is 3.86. The Labute approximate surface area is 170 Å². The van der Waals surface area contributed by atoms with Gasteiger partial charge in [0.05, 0.1) is 11.7 Å². The summed E-state index contributed by atoms with van der Waals surface area (Å²) in [6, 6.07) is 25.5. The van der Waals surface area contributed by atoms with E-state index in [-0.39, 0.29) is 18.1 Å². The Hall–Kier alpha value is -2.98. The smallest absolute Gasteiger partial charge is 0.326 e. The van der Waals surface area contributed by atoms with Crippen LogP contribution in [-0.4, -0.2) is 12.1 Å². The molecule has 0 aliphatic carbocycles. The van der Waals surface area contributed by atoms with E-state index in [4.69, 9.17) is 11.6 Å². The third-order valence-electron chi connectivity index (χ3n) is 5.02. The van der Waals surface area contributed by atoms with Crippen molar-refractivity contribution in [2.75, 3.05) is 15.5 Å². The lowest BCUT2D eigenvalue weighted by Crippen LogP contribution is -2.46. The van der Waals surface area contributed by atoms with Crippen LogP contribution in [0.15, 0.2) is 78.9 Å². The highest BCUT2D eigenvalue weighted by molar-refractivity contribution is 6.30. The fourth-order valence-corrected chi connectivity index (χ4v) is 3.84. The van der Waals surface area contributed by atoms with Crippen LogP contribution < -0.4 is 15.5 Å². The van der Waals surface area contributed by atoms with Gasteiger partial charge in [0.2, 0.25) is 0 Å². The number of anilines is 3. The van der Waals surface area contributed by atoms with Gasteiger partial charge in [-0.1, -0.05) is 48.0 Å². The summed E-state index contributed by atoms with van der Waals surface area (Å²) in [4.78, 5) is 14.9. The maximum atomic E-state index is 13.1. The molecule has 0 spiro atoms. The van der Waals surface area contributed by atoms with E-state index in [9.17, 15) is 4.79 Å². The number of rotatable bonds is 3. The van der Waals surface area contributed by atoms with E-state index in [1.54, 1.807) is 24.3 Å². The van der Waals surface area contributed by atoms with Gasteiger partial charge in [-0.3, -0.25) is 4.90 Å². The molecule has 2 amide bonds. The molecule has 0 fully saturated rings. The standard InChI is InChI=1S/C23H22ClN3O/c1-16-15-21(25-18-7-3-2-4-8-18)20-9-5-6-10-22(20)27(16)23(28)26-19-13-11-17(24)12-14-19/h2-14,16,21,25H,15H2,1H3,(H,26,28)/t16-,21-/m0/s1. The Balaban J connectivity index is 1.60. The second-order valence-electron chi connectivity index (χ2n) is 7.01. The van der Waals surface area contributed by atoms with Crippen LogP contribution in [0.4, 0.5) is 21.9 Å². The normalized spacial score (nSPS) is 18.3. The largest absolute Gasteiger partial charge is 0.378 e. The van der Waals surface area contributed by atoms with Crippen LogP contribution in [0.25, 0.3) is 0 Å². The molecular formula is C23H22ClN3O. The summed E-state index contributed by atoms with van der Waals surface area (Å²) in [6.07, 6.45) is 0.819. The first-order valence-electron chi connectivity index (χ1n) is 9.38. The van der Waals surface area contributed by atoms with Crippen LogP contribution >= 0.6 is 11.6 Å². The van der Waals surface area contributed by atoms with Gasteiger partial charge in [0.1, 0.15) is 0 Å². The van der Waals surface area contributed by atoms with Gasteiger partial charge in [0.15, 0.2) is 0 Å². The zero-order chi connectivity index (χ0) is 19.5. The highest BCUT2D eigenvalue weighted by Gasteiger charge is 2.33. The van der Waals surface area contributed by atoms with Crippen molar-refractivity contribution >= 4 is 34.7 Å². The van der Waals surface area contributed by atoms with Crippen LogP contribution in [-0.2, 0) is 0 Å². The quantitative estimate of drug-likeness (QED) is 0.548. The maximum Gasteiger partial charge on any atom is 0.326 e. The predicted octanol–water partition coefficient (Wildman–Crippen LogP) is 6.32. The van der Waals surface area contributed by atoms with E-state index < -0.39 is 0 Å². The molecule has 142 valence electrons. The van der Waals surface area contributed by atoms with Gasteiger partial charge in [-0.2, -0.15) is 0 Å². The fourth-order valence-electron chi connectivity index (χ4n) is 3.71. The van der Waals surface area contributed by atoms with E-state index >= 15 is 0 Å². The molecule has 0 unspecified atom stereocenters. The van der Waals surface area contributed by atoms with Gasteiger partial charge in [-0.25, -0.2) is 4.79 Å². The molecule has 3 aromatic rings. The number of para-hydroxylation sites is 2. The first kappa shape index (κ1) is 18.4. The molecule has 1 aliphatic heterocycles. The minimum Gasteiger partial charge on any atom is -0.378 e. The minimum atomic E-state index is -0.138. The van der Waals surface area contributed by atoms with Gasteiger partial charge in [-0.05, 0) is 61.4 Å². The van der Waals surface area contributed by atoms with E-state index in [1.807, 2.05) is 41.3 Å². The van der Waals surface area contributed by atoms with Crippen LogP contribution in [0, 0.1) is 0 Å². The number of carbonyl (C=O) groups is 1. The average molecular weight is 392 g/mol. The average Bonchev–Trinajstić information content (AvgIpc) is 2.70. The molecule has 0 radical (unpaired) electrons. The highest BCUT2D eigenvalue weighted by atomic mass is 35.5. The number of hydrogen-bond acceptors (Lipinski definition) is 2.